The summed E-state index contributed by atoms with van der Waals surface area (Å²) in [4.78, 5) is 31.9. The zero-order valence-corrected chi connectivity index (χ0v) is 9.81. The van der Waals surface area contributed by atoms with E-state index < -0.39 is 22.5 Å². The van der Waals surface area contributed by atoms with Crippen LogP contribution in [-0.4, -0.2) is 28.5 Å². The Labute approximate surface area is 107 Å². The third kappa shape index (κ3) is 3.42. The van der Waals surface area contributed by atoms with Crippen LogP contribution in [-0.2, 0) is 4.79 Å². The first-order valence-electron chi connectivity index (χ1n) is 4.86. The number of hydrogen-bond donors (Lipinski definition) is 2. The van der Waals surface area contributed by atoms with Crippen molar-refractivity contribution in [2.75, 3.05) is 6.54 Å². The fraction of sp³-hybridized carbons (Fsp3) is 0.200. The predicted octanol–water partition coefficient (Wildman–Crippen LogP) is 1.45. The summed E-state index contributed by atoms with van der Waals surface area (Å²) >= 11 is 5.64. The fourth-order valence-electron chi connectivity index (χ4n) is 1.26. The van der Waals surface area contributed by atoms with Crippen LogP contribution in [0.15, 0.2) is 18.2 Å². The molecule has 96 valence electrons. The molecule has 7 nitrogen and oxygen atoms in total. The summed E-state index contributed by atoms with van der Waals surface area (Å²) < 4.78 is 0. The number of halogens is 1. The normalized spacial score (nSPS) is 9.83. The van der Waals surface area contributed by atoms with Gasteiger partial charge in [0.25, 0.3) is 5.91 Å². The summed E-state index contributed by atoms with van der Waals surface area (Å²) in [5.74, 6) is -1.80. The molecule has 18 heavy (non-hydrogen) atoms. The first-order chi connectivity index (χ1) is 8.43. The number of carbonyl (C=O) groups is 2. The maximum Gasteiger partial charge on any atom is 0.305 e. The van der Waals surface area contributed by atoms with Gasteiger partial charge < -0.3 is 10.4 Å². The number of nitro groups is 1. The molecule has 0 radical (unpaired) electrons. The number of nitrogens with zero attached hydrogens (tertiary/aromatic N) is 1. The zero-order chi connectivity index (χ0) is 13.7. The molecule has 8 heteroatoms. The maximum absolute atomic E-state index is 11.6. The molecule has 0 saturated carbocycles. The van der Waals surface area contributed by atoms with E-state index in [2.05, 4.69) is 5.32 Å². The number of rotatable bonds is 5. The van der Waals surface area contributed by atoms with E-state index in [1.165, 1.54) is 18.2 Å². The van der Waals surface area contributed by atoms with Crippen LogP contribution in [0.1, 0.15) is 16.8 Å². The van der Waals surface area contributed by atoms with Crippen molar-refractivity contribution in [3.05, 3.63) is 38.9 Å². The molecule has 2 N–H and O–H groups in total. The van der Waals surface area contributed by atoms with E-state index in [9.17, 15) is 19.7 Å². The number of para-hydroxylation sites is 1. The summed E-state index contributed by atoms with van der Waals surface area (Å²) in [7, 11) is 0. The summed E-state index contributed by atoms with van der Waals surface area (Å²) in [6.07, 6.45) is -0.264. The molecule has 1 aromatic carbocycles. The lowest BCUT2D eigenvalue weighted by atomic mass is 10.1. The molecule has 1 amide bonds. The largest absolute Gasteiger partial charge is 0.481 e. The van der Waals surface area contributed by atoms with Gasteiger partial charge in [-0.2, -0.15) is 0 Å². The van der Waals surface area contributed by atoms with E-state index in [0.29, 0.717) is 0 Å². The minimum atomic E-state index is -1.07. The highest BCUT2D eigenvalue weighted by molar-refractivity contribution is 6.33. The lowest BCUT2D eigenvalue weighted by molar-refractivity contribution is -0.385. The monoisotopic (exact) mass is 272 g/mol. The number of benzene rings is 1. The Hall–Kier alpha value is -2.15. The number of aliphatic carboxylic acids is 1. The summed E-state index contributed by atoms with van der Waals surface area (Å²) in [6, 6.07) is 3.95. The molecular weight excluding hydrogens is 264 g/mol. The Kier molecular flexibility index (Phi) is 4.61. The Balaban J connectivity index is 2.89. The van der Waals surface area contributed by atoms with Crippen LogP contribution in [0.25, 0.3) is 0 Å². The van der Waals surface area contributed by atoms with Crippen LogP contribution < -0.4 is 5.32 Å². The number of carboxylic acids is 1. The highest BCUT2D eigenvalue weighted by Crippen LogP contribution is 2.27. The Morgan fingerprint density at radius 2 is 2.11 bits per heavy atom. The second kappa shape index (κ2) is 5.97. The molecule has 0 spiro atoms. The quantitative estimate of drug-likeness (QED) is 0.623. The molecular formula is C10H9ClN2O5. The molecule has 1 rings (SSSR count). The molecule has 0 aromatic heterocycles. The van der Waals surface area contributed by atoms with Gasteiger partial charge in [0.1, 0.15) is 10.6 Å². The minimum Gasteiger partial charge on any atom is -0.481 e. The first-order valence-corrected chi connectivity index (χ1v) is 5.24. The third-order valence-electron chi connectivity index (χ3n) is 2.04. The lowest BCUT2D eigenvalue weighted by Crippen LogP contribution is -2.26. The average molecular weight is 273 g/mol. The van der Waals surface area contributed by atoms with Gasteiger partial charge in [-0.25, -0.2) is 0 Å². The average Bonchev–Trinajstić information content (AvgIpc) is 2.27. The Bertz CT molecular complexity index is 503. The van der Waals surface area contributed by atoms with Crippen LogP contribution in [0.2, 0.25) is 5.02 Å². The topological polar surface area (TPSA) is 110 Å². The van der Waals surface area contributed by atoms with Gasteiger partial charge in [0.15, 0.2) is 0 Å². The van der Waals surface area contributed by atoms with E-state index in [-0.39, 0.29) is 23.6 Å². The summed E-state index contributed by atoms with van der Waals surface area (Å²) in [6.45, 7) is -0.113. The molecule has 0 aliphatic carbocycles. The van der Waals surface area contributed by atoms with E-state index >= 15 is 0 Å². The molecule has 0 bridgehead atoms. The molecule has 0 heterocycles. The van der Waals surface area contributed by atoms with Crippen molar-refractivity contribution in [1.29, 1.82) is 0 Å². The maximum atomic E-state index is 11.6. The van der Waals surface area contributed by atoms with Crippen LogP contribution in [0.3, 0.4) is 0 Å². The van der Waals surface area contributed by atoms with Gasteiger partial charge in [-0.05, 0) is 12.1 Å². The van der Waals surface area contributed by atoms with Crippen molar-refractivity contribution >= 4 is 29.2 Å². The van der Waals surface area contributed by atoms with Crippen molar-refractivity contribution in [3.8, 4) is 0 Å². The van der Waals surface area contributed by atoms with Crippen molar-refractivity contribution in [3.63, 3.8) is 0 Å². The van der Waals surface area contributed by atoms with Crippen LogP contribution in [0, 0.1) is 10.1 Å². The van der Waals surface area contributed by atoms with Gasteiger partial charge in [0.05, 0.1) is 11.3 Å². The van der Waals surface area contributed by atoms with Crippen molar-refractivity contribution in [2.24, 2.45) is 0 Å². The summed E-state index contributed by atoms with van der Waals surface area (Å²) in [5.41, 5.74) is -0.690. The second-order valence-corrected chi connectivity index (χ2v) is 3.70. The standard InChI is InChI=1S/C10H9ClN2O5/c11-7-3-1-2-6(9(7)13(17)18)10(16)12-5-4-8(14)15/h1-3H,4-5H2,(H,12,16)(H,14,15). The summed E-state index contributed by atoms with van der Waals surface area (Å²) in [5, 5.41) is 21.3. The smallest absolute Gasteiger partial charge is 0.305 e. The Morgan fingerprint density at radius 1 is 1.44 bits per heavy atom. The molecule has 0 unspecified atom stereocenters. The first kappa shape index (κ1) is 13.9. The zero-order valence-electron chi connectivity index (χ0n) is 9.05. The van der Waals surface area contributed by atoms with Crippen LogP contribution >= 0.6 is 11.6 Å². The highest BCUT2D eigenvalue weighted by atomic mass is 35.5. The van der Waals surface area contributed by atoms with Gasteiger partial charge >= 0.3 is 11.7 Å². The van der Waals surface area contributed by atoms with Gasteiger partial charge in [0.2, 0.25) is 0 Å². The molecule has 0 aliphatic heterocycles. The number of nitro benzene ring substituents is 1. The molecule has 0 atom stereocenters. The van der Waals surface area contributed by atoms with Gasteiger partial charge in [-0.3, -0.25) is 19.7 Å². The van der Waals surface area contributed by atoms with Gasteiger partial charge in [-0.1, -0.05) is 17.7 Å². The molecule has 0 saturated heterocycles. The number of nitrogens with one attached hydrogen (secondary N) is 1. The number of carboxylic acid groups (broad SMARTS) is 1. The molecule has 1 aromatic rings. The second-order valence-electron chi connectivity index (χ2n) is 3.29. The molecule has 0 fully saturated rings. The number of carbonyl (C=O) groups excluding carboxylic acids is 1. The highest BCUT2D eigenvalue weighted by Gasteiger charge is 2.23. The third-order valence-corrected chi connectivity index (χ3v) is 2.34. The SMILES string of the molecule is O=C(O)CCNC(=O)c1cccc(Cl)c1[N+](=O)[O-]. The predicted molar refractivity (Wildman–Crippen MR) is 62.7 cm³/mol. The molecule has 0 aliphatic rings. The van der Waals surface area contributed by atoms with Crippen molar-refractivity contribution in [1.82, 2.24) is 5.32 Å². The van der Waals surface area contributed by atoms with Crippen molar-refractivity contribution in [2.45, 2.75) is 6.42 Å². The van der Waals surface area contributed by atoms with Crippen molar-refractivity contribution < 1.29 is 19.6 Å². The van der Waals surface area contributed by atoms with E-state index in [1.54, 1.807) is 0 Å². The van der Waals surface area contributed by atoms with E-state index in [4.69, 9.17) is 16.7 Å². The van der Waals surface area contributed by atoms with Gasteiger partial charge in [0, 0.05) is 6.54 Å². The van der Waals surface area contributed by atoms with E-state index in [0.717, 1.165) is 0 Å². The Morgan fingerprint density at radius 3 is 2.67 bits per heavy atom. The lowest BCUT2D eigenvalue weighted by Gasteiger charge is -2.05. The number of amides is 1. The minimum absolute atomic E-state index is 0.113. The van der Waals surface area contributed by atoms with Crippen LogP contribution in [0.5, 0.6) is 0 Å². The fourth-order valence-corrected chi connectivity index (χ4v) is 1.51. The van der Waals surface area contributed by atoms with E-state index in [1.807, 2.05) is 0 Å². The van der Waals surface area contributed by atoms with Crippen LogP contribution in [0.4, 0.5) is 5.69 Å². The number of hydrogen-bond acceptors (Lipinski definition) is 4. The van der Waals surface area contributed by atoms with Gasteiger partial charge in [-0.15, -0.1) is 0 Å².